The van der Waals surface area contributed by atoms with Gasteiger partial charge in [0, 0.05) is 18.4 Å². The fraction of sp³-hybridized carbons (Fsp3) is 0.824. The van der Waals surface area contributed by atoms with Crippen molar-refractivity contribution in [3.8, 4) is 0 Å². The smallest absolute Gasteiger partial charge is 0.239 e. The minimum atomic E-state index is -0.248. The van der Waals surface area contributed by atoms with Gasteiger partial charge in [0.1, 0.15) is 0 Å². The third-order valence-corrected chi connectivity index (χ3v) is 2.82. The standard InChI is InChI=1S/C14H28N2O2.C3H7NO/c1-5-6-7-8-9-10-12(17)15-11-13(18)16-14(2,3)4;1-2-3(4)5/h5-11H2,1-4H3,(H,15,17)(H,16,18);2H2,1H3,(H2,4,5). The zero-order valence-corrected chi connectivity index (χ0v) is 15.5. The van der Waals surface area contributed by atoms with Gasteiger partial charge in [-0.2, -0.15) is 0 Å². The van der Waals surface area contributed by atoms with Gasteiger partial charge in [-0.3, -0.25) is 14.4 Å². The second-order valence-corrected chi connectivity index (χ2v) is 6.56. The number of nitrogens with one attached hydrogen (secondary N) is 2. The molecule has 136 valence electrons. The molecular weight excluding hydrogens is 294 g/mol. The summed E-state index contributed by atoms with van der Waals surface area (Å²) in [5.74, 6) is -0.414. The van der Waals surface area contributed by atoms with Crippen LogP contribution in [-0.4, -0.2) is 29.8 Å². The Hall–Kier alpha value is -1.59. The number of nitrogens with two attached hydrogens (primary N) is 1. The molecule has 0 heterocycles. The second-order valence-electron chi connectivity index (χ2n) is 6.56. The number of rotatable bonds is 9. The molecular formula is C17H35N3O3. The highest BCUT2D eigenvalue weighted by Crippen LogP contribution is 2.04. The van der Waals surface area contributed by atoms with Gasteiger partial charge < -0.3 is 16.4 Å². The van der Waals surface area contributed by atoms with Crippen molar-refractivity contribution in [2.24, 2.45) is 5.73 Å². The van der Waals surface area contributed by atoms with Crippen molar-refractivity contribution in [1.82, 2.24) is 10.6 Å². The van der Waals surface area contributed by atoms with Crippen molar-refractivity contribution in [2.45, 2.75) is 85.1 Å². The molecule has 0 saturated carbocycles. The van der Waals surface area contributed by atoms with Crippen LogP contribution in [-0.2, 0) is 14.4 Å². The number of amides is 3. The molecule has 0 fully saturated rings. The Kier molecular flexibility index (Phi) is 14.4. The molecule has 0 bridgehead atoms. The van der Waals surface area contributed by atoms with Crippen molar-refractivity contribution in [3.63, 3.8) is 0 Å². The highest BCUT2D eigenvalue weighted by atomic mass is 16.2. The Labute approximate surface area is 141 Å². The van der Waals surface area contributed by atoms with Crippen LogP contribution in [0.15, 0.2) is 0 Å². The van der Waals surface area contributed by atoms with Gasteiger partial charge in [0.2, 0.25) is 17.7 Å². The summed E-state index contributed by atoms with van der Waals surface area (Å²) >= 11 is 0. The fourth-order valence-corrected chi connectivity index (χ4v) is 1.62. The number of carbonyl (C=O) groups excluding carboxylic acids is 3. The molecule has 0 rings (SSSR count). The van der Waals surface area contributed by atoms with E-state index in [0.717, 1.165) is 12.8 Å². The molecule has 0 aliphatic carbocycles. The summed E-state index contributed by atoms with van der Waals surface area (Å²) in [6, 6.07) is 0. The molecule has 4 N–H and O–H groups in total. The molecule has 0 atom stereocenters. The molecule has 0 radical (unpaired) electrons. The van der Waals surface area contributed by atoms with Crippen LogP contribution in [0.25, 0.3) is 0 Å². The van der Waals surface area contributed by atoms with Gasteiger partial charge >= 0.3 is 0 Å². The number of carbonyl (C=O) groups is 3. The van der Waals surface area contributed by atoms with Gasteiger partial charge in [0.15, 0.2) is 0 Å². The monoisotopic (exact) mass is 329 g/mol. The molecule has 0 aromatic rings. The van der Waals surface area contributed by atoms with Gasteiger partial charge in [-0.05, 0) is 27.2 Å². The Balaban J connectivity index is 0. The summed E-state index contributed by atoms with van der Waals surface area (Å²) in [5.41, 5.74) is 4.40. The molecule has 0 saturated heterocycles. The lowest BCUT2D eigenvalue weighted by molar-refractivity contribution is -0.126. The predicted octanol–water partition coefficient (Wildman–Crippen LogP) is 2.26. The van der Waals surface area contributed by atoms with Gasteiger partial charge in [0.05, 0.1) is 6.54 Å². The first-order chi connectivity index (χ1) is 10.6. The van der Waals surface area contributed by atoms with Crippen LogP contribution < -0.4 is 16.4 Å². The van der Waals surface area contributed by atoms with Crippen LogP contribution in [0.4, 0.5) is 0 Å². The molecule has 0 aromatic heterocycles. The van der Waals surface area contributed by atoms with E-state index in [1.165, 1.54) is 19.3 Å². The van der Waals surface area contributed by atoms with Crippen LogP contribution in [0.2, 0.25) is 0 Å². The first kappa shape index (κ1) is 23.7. The quantitative estimate of drug-likeness (QED) is 0.565. The van der Waals surface area contributed by atoms with Crippen molar-refractivity contribution in [2.75, 3.05) is 6.54 Å². The normalized spacial score (nSPS) is 10.3. The van der Waals surface area contributed by atoms with E-state index in [4.69, 9.17) is 0 Å². The molecule has 0 unspecified atom stereocenters. The van der Waals surface area contributed by atoms with E-state index in [-0.39, 0.29) is 29.8 Å². The van der Waals surface area contributed by atoms with E-state index in [1.807, 2.05) is 20.8 Å². The topological polar surface area (TPSA) is 101 Å². The summed E-state index contributed by atoms with van der Waals surface area (Å²) in [5, 5.41) is 5.45. The Morgan fingerprint density at radius 3 is 1.87 bits per heavy atom. The minimum absolute atomic E-state index is 0.0319. The van der Waals surface area contributed by atoms with E-state index in [2.05, 4.69) is 23.3 Å². The third-order valence-electron chi connectivity index (χ3n) is 2.82. The third kappa shape index (κ3) is 22.8. The summed E-state index contributed by atoms with van der Waals surface area (Å²) < 4.78 is 0. The Morgan fingerprint density at radius 1 is 0.913 bits per heavy atom. The first-order valence-electron chi connectivity index (χ1n) is 8.48. The number of hydrogen-bond acceptors (Lipinski definition) is 3. The average molecular weight is 329 g/mol. The van der Waals surface area contributed by atoms with Crippen LogP contribution in [0.3, 0.4) is 0 Å². The van der Waals surface area contributed by atoms with E-state index in [0.29, 0.717) is 12.8 Å². The zero-order valence-electron chi connectivity index (χ0n) is 15.5. The molecule has 6 nitrogen and oxygen atoms in total. The molecule has 0 spiro atoms. The van der Waals surface area contributed by atoms with Crippen LogP contribution in [0, 0.1) is 0 Å². The molecule has 3 amide bonds. The number of primary amides is 1. The Bertz CT molecular complexity index is 349. The largest absolute Gasteiger partial charge is 0.370 e. The highest BCUT2D eigenvalue weighted by molar-refractivity contribution is 5.84. The fourth-order valence-electron chi connectivity index (χ4n) is 1.62. The van der Waals surface area contributed by atoms with Crippen molar-refractivity contribution < 1.29 is 14.4 Å². The SMILES string of the molecule is CCC(N)=O.CCCCCCCC(=O)NCC(=O)NC(C)(C)C. The predicted molar refractivity (Wildman–Crippen MR) is 93.8 cm³/mol. The van der Waals surface area contributed by atoms with Crippen LogP contribution in [0.1, 0.15) is 79.6 Å². The maximum Gasteiger partial charge on any atom is 0.239 e. The van der Waals surface area contributed by atoms with Gasteiger partial charge in [-0.15, -0.1) is 0 Å². The number of unbranched alkanes of at least 4 members (excludes halogenated alkanes) is 4. The summed E-state index contributed by atoms with van der Waals surface area (Å²) in [6.45, 7) is 9.72. The lowest BCUT2D eigenvalue weighted by atomic mass is 10.1. The van der Waals surface area contributed by atoms with Crippen LogP contribution >= 0.6 is 0 Å². The van der Waals surface area contributed by atoms with E-state index in [1.54, 1.807) is 6.92 Å². The average Bonchev–Trinajstić information content (AvgIpc) is 2.43. The summed E-state index contributed by atoms with van der Waals surface area (Å²) in [7, 11) is 0. The molecule has 0 aliphatic heterocycles. The summed E-state index contributed by atoms with van der Waals surface area (Å²) in [6.07, 6.45) is 6.59. The molecule has 6 heteroatoms. The maximum absolute atomic E-state index is 11.5. The van der Waals surface area contributed by atoms with Crippen molar-refractivity contribution in [3.05, 3.63) is 0 Å². The maximum atomic E-state index is 11.5. The minimum Gasteiger partial charge on any atom is -0.370 e. The lowest BCUT2D eigenvalue weighted by Crippen LogP contribution is -2.45. The van der Waals surface area contributed by atoms with Crippen LogP contribution in [0.5, 0.6) is 0 Å². The second kappa shape index (κ2) is 14.0. The van der Waals surface area contributed by atoms with Gasteiger partial charge in [0.25, 0.3) is 0 Å². The summed E-state index contributed by atoms with van der Waals surface area (Å²) in [4.78, 5) is 32.5. The lowest BCUT2D eigenvalue weighted by Gasteiger charge is -2.20. The highest BCUT2D eigenvalue weighted by Gasteiger charge is 2.13. The molecule has 23 heavy (non-hydrogen) atoms. The van der Waals surface area contributed by atoms with Gasteiger partial charge in [-0.1, -0.05) is 39.5 Å². The van der Waals surface area contributed by atoms with E-state index in [9.17, 15) is 14.4 Å². The van der Waals surface area contributed by atoms with E-state index >= 15 is 0 Å². The van der Waals surface area contributed by atoms with Crippen molar-refractivity contribution in [1.29, 1.82) is 0 Å². The van der Waals surface area contributed by atoms with Crippen molar-refractivity contribution >= 4 is 17.7 Å². The number of hydrogen-bond donors (Lipinski definition) is 3. The Morgan fingerprint density at radius 2 is 1.43 bits per heavy atom. The van der Waals surface area contributed by atoms with Gasteiger partial charge in [-0.25, -0.2) is 0 Å². The van der Waals surface area contributed by atoms with E-state index < -0.39 is 0 Å². The zero-order chi connectivity index (χ0) is 18.3. The first-order valence-corrected chi connectivity index (χ1v) is 8.48. The molecule has 0 aliphatic rings. The molecule has 0 aromatic carbocycles.